The van der Waals surface area contributed by atoms with Crippen molar-refractivity contribution in [1.82, 2.24) is 0 Å². The van der Waals surface area contributed by atoms with Gasteiger partial charge in [0.1, 0.15) is 0 Å². The molecule has 0 spiro atoms. The van der Waals surface area contributed by atoms with Gasteiger partial charge in [0.15, 0.2) is 0 Å². The Morgan fingerprint density at radius 2 is 1.90 bits per heavy atom. The molecular weight excluding hydrogens is 343 g/mol. The van der Waals surface area contributed by atoms with Crippen LogP contribution in [0.2, 0.25) is 0 Å². The van der Waals surface area contributed by atoms with Crippen LogP contribution in [-0.4, -0.2) is 0 Å². The van der Waals surface area contributed by atoms with Gasteiger partial charge in [0, 0.05) is 4.47 Å². The van der Waals surface area contributed by atoms with Crippen molar-refractivity contribution in [2.75, 3.05) is 0 Å². The lowest BCUT2D eigenvalue weighted by Crippen LogP contribution is -1.91. The molecule has 1 rings (SSSR count). The van der Waals surface area contributed by atoms with Crippen molar-refractivity contribution >= 4 is 57.5 Å². The molecule has 0 heterocycles. The van der Waals surface area contributed by atoms with E-state index in [4.69, 9.17) is 0 Å². The number of rotatable bonds is 1. The second-order valence-electron chi connectivity index (χ2n) is 1.71. The number of benzene rings is 1. The monoisotopic (exact) mass is 344 g/mol. The first-order chi connectivity index (χ1) is 4.70. The van der Waals surface area contributed by atoms with E-state index in [0.717, 1.165) is 4.47 Å². The molecule has 54 valence electrons. The average Bonchev–Trinajstić information content (AvgIpc) is 1.88. The van der Waals surface area contributed by atoms with Crippen molar-refractivity contribution in [3.8, 4) is 0 Å². The Labute approximate surface area is 85.8 Å². The van der Waals surface area contributed by atoms with Crippen molar-refractivity contribution in [1.29, 1.82) is 0 Å². The molecule has 4 heteroatoms. The summed E-state index contributed by atoms with van der Waals surface area (Å²) in [6.07, 6.45) is 0. The van der Waals surface area contributed by atoms with Gasteiger partial charge in [0.05, 0.1) is 5.33 Å². The Bertz CT molecular complexity index is 224. The molecule has 0 unspecified atom stereocenters. The third kappa shape index (κ3) is 2.61. The van der Waals surface area contributed by atoms with Gasteiger partial charge in [0.25, 0.3) is 0 Å². The first-order valence-corrected chi connectivity index (χ1v) is 8.74. The molecule has 1 aromatic carbocycles. The molecule has 1 aromatic rings. The highest BCUT2D eigenvalue weighted by molar-refractivity contribution is 9.70. The van der Waals surface area contributed by atoms with Crippen LogP contribution in [0.1, 0.15) is 0 Å². The SMILES string of the molecule is Brc1cccc(P(Br)Br)c1. The normalized spacial score (nSPS) is 10.4. The first-order valence-electron chi connectivity index (χ1n) is 2.57. The molecule has 0 nitrogen and oxygen atoms in total. The Kier molecular flexibility index (Phi) is 3.86. The van der Waals surface area contributed by atoms with Crippen LogP contribution in [-0.2, 0) is 0 Å². The summed E-state index contributed by atoms with van der Waals surface area (Å²) in [7, 11) is 0. The predicted octanol–water partition coefficient (Wildman–Crippen LogP) is 4.18. The van der Waals surface area contributed by atoms with E-state index in [1.807, 2.05) is 12.1 Å². The molecule has 0 fully saturated rings. The highest BCUT2D eigenvalue weighted by Crippen LogP contribution is 2.50. The number of hydrogen-bond donors (Lipinski definition) is 0. The van der Waals surface area contributed by atoms with Crippen LogP contribution in [0.5, 0.6) is 0 Å². The molecule has 0 bridgehead atoms. The highest BCUT2D eigenvalue weighted by atomic mass is 79.9. The number of hydrogen-bond acceptors (Lipinski definition) is 0. The van der Waals surface area contributed by atoms with Crippen LogP contribution in [0.25, 0.3) is 0 Å². The standard InChI is InChI=1S/C6H4Br3P/c7-5-2-1-3-6(4-5)10(8)9/h1-4H. The second kappa shape index (κ2) is 4.20. The van der Waals surface area contributed by atoms with Gasteiger partial charge in [-0.2, -0.15) is 0 Å². The van der Waals surface area contributed by atoms with Crippen LogP contribution in [0.3, 0.4) is 0 Å². The van der Waals surface area contributed by atoms with Gasteiger partial charge in [0.2, 0.25) is 0 Å². The Morgan fingerprint density at radius 1 is 1.20 bits per heavy atom. The third-order valence-corrected chi connectivity index (χ3v) is 4.62. The maximum absolute atomic E-state index is 3.48. The summed E-state index contributed by atoms with van der Waals surface area (Å²) in [5.74, 6) is 0. The summed E-state index contributed by atoms with van der Waals surface area (Å²) in [5.41, 5.74) is 0. The molecule has 0 aliphatic heterocycles. The topological polar surface area (TPSA) is 0 Å². The fourth-order valence-electron chi connectivity index (χ4n) is 0.581. The molecule has 0 aliphatic rings. The summed E-state index contributed by atoms with van der Waals surface area (Å²) in [6.45, 7) is 0. The van der Waals surface area contributed by atoms with Crippen molar-refractivity contribution in [3.63, 3.8) is 0 Å². The highest BCUT2D eigenvalue weighted by Gasteiger charge is 2.00. The molecule has 0 N–H and O–H groups in total. The minimum atomic E-state index is -0.317. The fourth-order valence-corrected chi connectivity index (χ4v) is 2.92. The van der Waals surface area contributed by atoms with Gasteiger partial charge in [-0.15, -0.1) is 0 Å². The lowest BCUT2D eigenvalue weighted by atomic mass is 10.4. The van der Waals surface area contributed by atoms with E-state index in [2.05, 4.69) is 59.0 Å². The van der Waals surface area contributed by atoms with E-state index in [1.54, 1.807) is 0 Å². The van der Waals surface area contributed by atoms with Crippen molar-refractivity contribution in [3.05, 3.63) is 28.7 Å². The van der Waals surface area contributed by atoms with E-state index < -0.39 is 0 Å². The molecule has 0 amide bonds. The Morgan fingerprint density at radius 3 is 2.30 bits per heavy atom. The van der Waals surface area contributed by atoms with Crippen LogP contribution >= 0.6 is 52.2 Å². The fraction of sp³-hybridized carbons (Fsp3) is 0. The number of halogens is 3. The predicted molar refractivity (Wildman–Crippen MR) is 58.6 cm³/mol. The lowest BCUT2D eigenvalue weighted by Gasteiger charge is -2.00. The minimum Gasteiger partial charge on any atom is -0.0605 e. The molecule has 10 heavy (non-hydrogen) atoms. The molecule has 0 aromatic heterocycles. The van der Waals surface area contributed by atoms with E-state index in [0.29, 0.717) is 0 Å². The van der Waals surface area contributed by atoms with E-state index in [-0.39, 0.29) is 5.33 Å². The van der Waals surface area contributed by atoms with Gasteiger partial charge in [-0.1, -0.05) is 28.1 Å². The van der Waals surface area contributed by atoms with E-state index in [9.17, 15) is 0 Å². The first kappa shape index (κ1) is 9.18. The van der Waals surface area contributed by atoms with Crippen LogP contribution in [0, 0.1) is 0 Å². The van der Waals surface area contributed by atoms with Crippen molar-refractivity contribution < 1.29 is 0 Å². The zero-order valence-electron chi connectivity index (χ0n) is 4.89. The van der Waals surface area contributed by atoms with Crippen molar-refractivity contribution in [2.24, 2.45) is 0 Å². The maximum atomic E-state index is 3.48. The Hall–Kier alpha value is 1.09. The lowest BCUT2D eigenvalue weighted by molar-refractivity contribution is 1.71. The van der Waals surface area contributed by atoms with Crippen LogP contribution in [0.4, 0.5) is 0 Å². The van der Waals surface area contributed by atoms with Gasteiger partial charge < -0.3 is 0 Å². The van der Waals surface area contributed by atoms with Crippen LogP contribution < -0.4 is 5.30 Å². The average molecular weight is 347 g/mol. The Balaban J connectivity index is 2.96. The van der Waals surface area contributed by atoms with Gasteiger partial charge in [-0.25, -0.2) is 0 Å². The minimum absolute atomic E-state index is 0.317. The summed E-state index contributed by atoms with van der Waals surface area (Å²) in [4.78, 5) is 0. The molecule has 0 saturated heterocycles. The third-order valence-electron chi connectivity index (χ3n) is 1.00. The van der Waals surface area contributed by atoms with Gasteiger partial charge in [-0.05, 0) is 48.4 Å². The zero-order valence-corrected chi connectivity index (χ0v) is 10.5. The van der Waals surface area contributed by atoms with Gasteiger partial charge >= 0.3 is 0 Å². The maximum Gasteiger partial charge on any atom is 0.0654 e. The molecule has 0 saturated carbocycles. The summed E-state index contributed by atoms with van der Waals surface area (Å²) in [5, 5.41) is 0.965. The van der Waals surface area contributed by atoms with Gasteiger partial charge in [-0.3, -0.25) is 0 Å². The van der Waals surface area contributed by atoms with Crippen LogP contribution in [0.15, 0.2) is 28.7 Å². The molecule has 0 atom stereocenters. The molecular formula is C6H4Br3P. The summed E-state index contributed by atoms with van der Waals surface area (Å²) in [6, 6.07) is 8.22. The smallest absolute Gasteiger partial charge is 0.0605 e. The zero-order chi connectivity index (χ0) is 7.56. The van der Waals surface area contributed by atoms with Crippen molar-refractivity contribution in [2.45, 2.75) is 0 Å². The summed E-state index contributed by atoms with van der Waals surface area (Å²) < 4.78 is 1.12. The molecule has 0 radical (unpaired) electrons. The quantitative estimate of drug-likeness (QED) is 0.669. The summed E-state index contributed by atoms with van der Waals surface area (Å²) >= 11 is 10.4. The largest absolute Gasteiger partial charge is 0.0654 e. The second-order valence-corrected chi connectivity index (χ2v) is 10.7. The van der Waals surface area contributed by atoms with E-state index in [1.165, 1.54) is 5.30 Å². The molecule has 0 aliphatic carbocycles. The van der Waals surface area contributed by atoms with E-state index >= 15 is 0 Å².